The van der Waals surface area contributed by atoms with Crippen LogP contribution in [0.15, 0.2) is 41.1 Å². The molecule has 7 nitrogen and oxygen atoms in total. The summed E-state index contributed by atoms with van der Waals surface area (Å²) < 4.78 is 6.95. The van der Waals surface area contributed by atoms with E-state index in [0.717, 1.165) is 5.69 Å². The quantitative estimate of drug-likeness (QED) is 0.710. The maximum Gasteiger partial charge on any atom is 0.259 e. The normalized spacial score (nSPS) is 20.6. The van der Waals surface area contributed by atoms with E-state index in [1.807, 2.05) is 32.2 Å². The predicted octanol–water partition coefficient (Wildman–Crippen LogP) is 2.59. The van der Waals surface area contributed by atoms with Gasteiger partial charge in [-0.05, 0) is 48.1 Å². The van der Waals surface area contributed by atoms with E-state index in [2.05, 4.69) is 37.7 Å². The highest BCUT2D eigenvalue weighted by molar-refractivity contribution is 9.10. The van der Waals surface area contributed by atoms with Crippen LogP contribution in [0.4, 0.5) is 0 Å². The number of halogens is 1. The van der Waals surface area contributed by atoms with Crippen molar-refractivity contribution in [3.8, 4) is 5.88 Å². The van der Waals surface area contributed by atoms with E-state index < -0.39 is 0 Å². The second-order valence-electron chi connectivity index (χ2n) is 7.65. The summed E-state index contributed by atoms with van der Waals surface area (Å²) in [6, 6.07) is 7.31. The van der Waals surface area contributed by atoms with Crippen LogP contribution in [0.1, 0.15) is 29.9 Å². The molecule has 0 aromatic carbocycles. The Kier molecular flexibility index (Phi) is 7.21. The lowest BCUT2D eigenvalue weighted by Gasteiger charge is -2.37. The average molecular weight is 463 g/mol. The Morgan fingerprint density at radius 2 is 2.21 bits per heavy atom. The van der Waals surface area contributed by atoms with Gasteiger partial charge in [0.2, 0.25) is 5.88 Å². The lowest BCUT2D eigenvalue weighted by atomic mass is 10.00. The van der Waals surface area contributed by atoms with Gasteiger partial charge < -0.3 is 14.7 Å². The Labute approximate surface area is 179 Å². The van der Waals surface area contributed by atoms with Gasteiger partial charge in [-0.3, -0.25) is 14.7 Å². The van der Waals surface area contributed by atoms with Crippen molar-refractivity contribution in [3.05, 3.63) is 52.4 Å². The van der Waals surface area contributed by atoms with Crippen LogP contribution in [-0.2, 0) is 6.54 Å². The Morgan fingerprint density at radius 3 is 2.90 bits per heavy atom. The summed E-state index contributed by atoms with van der Waals surface area (Å²) in [5.74, 6) is 0.205. The third-order valence-corrected chi connectivity index (χ3v) is 5.57. The fourth-order valence-electron chi connectivity index (χ4n) is 3.43. The molecule has 0 unspecified atom stereocenters. The van der Waals surface area contributed by atoms with Crippen molar-refractivity contribution in [3.63, 3.8) is 0 Å². The number of aromatic nitrogens is 2. The third kappa shape index (κ3) is 5.32. The first-order valence-electron chi connectivity index (χ1n) is 9.71. The molecule has 3 atom stereocenters. The summed E-state index contributed by atoms with van der Waals surface area (Å²) in [5, 5.41) is 9.67. The molecule has 1 aliphatic heterocycles. The highest BCUT2D eigenvalue weighted by Gasteiger charge is 2.34. The summed E-state index contributed by atoms with van der Waals surface area (Å²) in [6.45, 7) is 5.66. The third-order valence-electron chi connectivity index (χ3n) is 5.14. The molecule has 1 amide bonds. The van der Waals surface area contributed by atoms with E-state index in [9.17, 15) is 9.90 Å². The number of rotatable bonds is 6. The zero-order chi connectivity index (χ0) is 21.0. The number of pyridine rings is 2. The summed E-state index contributed by atoms with van der Waals surface area (Å²) in [7, 11) is 2.03. The second kappa shape index (κ2) is 9.65. The lowest BCUT2D eigenvalue weighted by Crippen LogP contribution is -2.49. The number of aliphatic hydroxyl groups excluding tert-OH is 1. The number of amides is 1. The van der Waals surface area contributed by atoms with Crippen molar-refractivity contribution in [2.45, 2.75) is 32.5 Å². The molecule has 29 heavy (non-hydrogen) atoms. The highest BCUT2D eigenvalue weighted by atomic mass is 79.9. The Bertz CT molecular complexity index is 836. The second-order valence-corrected chi connectivity index (χ2v) is 8.56. The number of carbonyl (C=O) groups excluding carboxylic acids is 1. The minimum absolute atomic E-state index is 0.0535. The van der Waals surface area contributed by atoms with E-state index in [4.69, 9.17) is 4.74 Å². The van der Waals surface area contributed by atoms with Gasteiger partial charge in [0.25, 0.3) is 5.91 Å². The monoisotopic (exact) mass is 462 g/mol. The molecule has 0 spiro atoms. The average Bonchev–Trinajstić information content (AvgIpc) is 2.71. The van der Waals surface area contributed by atoms with Crippen LogP contribution in [0.3, 0.4) is 0 Å². The molecule has 0 radical (unpaired) electrons. The van der Waals surface area contributed by atoms with Crippen LogP contribution >= 0.6 is 15.9 Å². The van der Waals surface area contributed by atoms with Crippen LogP contribution in [0, 0.1) is 5.92 Å². The van der Waals surface area contributed by atoms with Gasteiger partial charge in [0.05, 0.1) is 18.3 Å². The molecule has 8 heteroatoms. The van der Waals surface area contributed by atoms with Gasteiger partial charge in [0.15, 0.2) is 0 Å². The van der Waals surface area contributed by atoms with Gasteiger partial charge in [0, 0.05) is 42.4 Å². The number of nitrogens with zero attached hydrogens (tertiary/aromatic N) is 4. The van der Waals surface area contributed by atoms with Gasteiger partial charge in [-0.1, -0.05) is 13.0 Å². The van der Waals surface area contributed by atoms with Crippen molar-refractivity contribution in [2.75, 3.05) is 26.7 Å². The molecule has 2 aromatic heterocycles. The fraction of sp³-hybridized carbons (Fsp3) is 0.476. The Hall–Kier alpha value is -2.03. The van der Waals surface area contributed by atoms with Crippen LogP contribution < -0.4 is 4.74 Å². The van der Waals surface area contributed by atoms with E-state index >= 15 is 0 Å². The van der Waals surface area contributed by atoms with Gasteiger partial charge >= 0.3 is 0 Å². The lowest BCUT2D eigenvalue weighted by molar-refractivity contribution is 0.0324. The first kappa shape index (κ1) is 21.7. The van der Waals surface area contributed by atoms with Crippen LogP contribution in [0.2, 0.25) is 0 Å². The van der Waals surface area contributed by atoms with E-state index in [-0.39, 0.29) is 30.6 Å². The molecule has 0 saturated heterocycles. The number of aliphatic hydroxyl groups is 1. The first-order valence-corrected chi connectivity index (χ1v) is 10.5. The van der Waals surface area contributed by atoms with E-state index in [1.165, 1.54) is 0 Å². The number of carbonyl (C=O) groups is 1. The van der Waals surface area contributed by atoms with Crippen molar-refractivity contribution in [2.24, 2.45) is 5.92 Å². The van der Waals surface area contributed by atoms with Crippen LogP contribution in [-0.4, -0.2) is 69.7 Å². The smallest absolute Gasteiger partial charge is 0.259 e. The topological polar surface area (TPSA) is 78.8 Å². The highest BCUT2D eigenvalue weighted by Crippen LogP contribution is 2.28. The van der Waals surface area contributed by atoms with Crippen LogP contribution in [0.25, 0.3) is 0 Å². The van der Waals surface area contributed by atoms with Crippen molar-refractivity contribution in [1.82, 2.24) is 19.8 Å². The Balaban J connectivity index is 1.85. The van der Waals surface area contributed by atoms with Gasteiger partial charge in [-0.2, -0.15) is 0 Å². The SMILES string of the molecule is C[C@@H]1CN([C@@H](C)CO)C(=O)c2cc(Br)cnc2O[C@H]1CN(C)Cc1ccccn1. The van der Waals surface area contributed by atoms with Gasteiger partial charge in [-0.25, -0.2) is 4.98 Å². The summed E-state index contributed by atoms with van der Waals surface area (Å²) in [6.07, 6.45) is 3.25. The molecular weight excluding hydrogens is 436 g/mol. The fourth-order valence-corrected chi connectivity index (χ4v) is 3.77. The Morgan fingerprint density at radius 1 is 1.41 bits per heavy atom. The number of hydrogen-bond donors (Lipinski definition) is 1. The molecule has 3 heterocycles. The molecule has 1 N–H and O–H groups in total. The van der Waals surface area contributed by atoms with Crippen LogP contribution in [0.5, 0.6) is 5.88 Å². The molecule has 156 valence electrons. The number of fused-ring (bicyclic) bond motifs is 1. The minimum atomic E-state index is -0.290. The van der Waals surface area contributed by atoms with E-state index in [1.54, 1.807) is 23.4 Å². The first-order chi connectivity index (χ1) is 13.9. The van der Waals surface area contributed by atoms with Crippen molar-refractivity contribution < 1.29 is 14.6 Å². The molecule has 0 saturated carbocycles. The molecular formula is C21H27BrN4O3. The molecule has 0 aliphatic carbocycles. The zero-order valence-corrected chi connectivity index (χ0v) is 18.5. The van der Waals surface area contributed by atoms with Gasteiger partial charge in [0.1, 0.15) is 11.7 Å². The number of ether oxygens (including phenoxy) is 1. The summed E-state index contributed by atoms with van der Waals surface area (Å²) in [4.78, 5) is 25.7. The number of hydrogen-bond acceptors (Lipinski definition) is 6. The maximum absolute atomic E-state index is 13.1. The maximum atomic E-state index is 13.1. The molecule has 0 bridgehead atoms. The standard InChI is InChI=1S/C21H27BrN4O3/c1-14-10-26(15(2)13-27)21(28)18-8-16(22)9-24-20(18)29-19(14)12-25(3)11-17-6-4-5-7-23-17/h4-9,14-15,19,27H,10-13H2,1-3H3/t14-,15+,19+/m1/s1. The van der Waals surface area contributed by atoms with Crippen molar-refractivity contribution in [1.29, 1.82) is 0 Å². The van der Waals surface area contributed by atoms with E-state index in [0.29, 0.717) is 35.6 Å². The summed E-state index contributed by atoms with van der Waals surface area (Å²) in [5.41, 5.74) is 1.39. The predicted molar refractivity (Wildman–Crippen MR) is 114 cm³/mol. The zero-order valence-electron chi connectivity index (χ0n) is 17.0. The summed E-state index contributed by atoms with van der Waals surface area (Å²) >= 11 is 3.39. The molecule has 1 aliphatic rings. The number of likely N-dealkylation sites (N-methyl/N-ethyl adjacent to an activating group) is 1. The van der Waals surface area contributed by atoms with Gasteiger partial charge in [-0.15, -0.1) is 0 Å². The largest absolute Gasteiger partial charge is 0.472 e. The molecule has 2 aromatic rings. The molecule has 3 rings (SSSR count). The minimum Gasteiger partial charge on any atom is -0.472 e. The van der Waals surface area contributed by atoms with Crippen molar-refractivity contribution >= 4 is 21.8 Å². The molecule has 0 fully saturated rings.